The summed E-state index contributed by atoms with van der Waals surface area (Å²) in [4.78, 5) is 8.74. The maximum Gasteiger partial charge on any atom is 0.131 e. The third-order valence-corrected chi connectivity index (χ3v) is 3.50. The Morgan fingerprint density at radius 2 is 2.25 bits per heavy atom. The van der Waals surface area contributed by atoms with Crippen molar-refractivity contribution in [3.05, 3.63) is 16.5 Å². The van der Waals surface area contributed by atoms with E-state index in [1.54, 1.807) is 0 Å². The molecule has 4 heteroatoms. The van der Waals surface area contributed by atoms with Crippen LogP contribution in [0, 0.1) is 11.8 Å². The van der Waals surface area contributed by atoms with E-state index in [0.717, 1.165) is 41.0 Å². The molecule has 1 N–H and O–H groups in total. The van der Waals surface area contributed by atoms with Crippen molar-refractivity contribution >= 4 is 21.7 Å². The van der Waals surface area contributed by atoms with E-state index in [2.05, 4.69) is 45.1 Å². The summed E-state index contributed by atoms with van der Waals surface area (Å²) in [5.74, 6) is 3.50. The normalized spacial score (nSPS) is 17.2. The van der Waals surface area contributed by atoms with Crippen molar-refractivity contribution in [1.82, 2.24) is 9.97 Å². The quantitative estimate of drug-likeness (QED) is 0.843. The van der Waals surface area contributed by atoms with Crippen molar-refractivity contribution in [2.24, 2.45) is 11.8 Å². The van der Waals surface area contributed by atoms with Gasteiger partial charge in [-0.1, -0.05) is 13.8 Å². The third kappa shape index (κ3) is 3.17. The van der Waals surface area contributed by atoms with Gasteiger partial charge in [-0.15, -0.1) is 0 Å². The predicted octanol–water partition coefficient (Wildman–Crippen LogP) is 3.26. The van der Waals surface area contributed by atoms with Gasteiger partial charge in [0.15, 0.2) is 0 Å². The van der Waals surface area contributed by atoms with E-state index >= 15 is 0 Å². The van der Waals surface area contributed by atoms with Gasteiger partial charge in [-0.3, -0.25) is 0 Å². The summed E-state index contributed by atoms with van der Waals surface area (Å²) >= 11 is 3.41. The molecule has 16 heavy (non-hydrogen) atoms. The highest BCUT2D eigenvalue weighted by atomic mass is 79.9. The number of aromatic nitrogens is 2. The maximum atomic E-state index is 4.45. The lowest BCUT2D eigenvalue weighted by Gasteiger charge is -2.12. The SMILES string of the molecule is CCc1nc(Br)cc(NCC(C)C2CC2)n1. The van der Waals surface area contributed by atoms with Crippen LogP contribution >= 0.6 is 15.9 Å². The van der Waals surface area contributed by atoms with Crippen molar-refractivity contribution in [2.45, 2.75) is 33.1 Å². The largest absolute Gasteiger partial charge is 0.370 e. The summed E-state index contributed by atoms with van der Waals surface area (Å²) < 4.78 is 0.862. The van der Waals surface area contributed by atoms with E-state index in [-0.39, 0.29) is 0 Å². The number of hydrogen-bond acceptors (Lipinski definition) is 3. The fourth-order valence-corrected chi connectivity index (χ4v) is 2.23. The monoisotopic (exact) mass is 283 g/mol. The first-order valence-corrected chi connectivity index (χ1v) is 6.75. The fraction of sp³-hybridized carbons (Fsp3) is 0.667. The Morgan fingerprint density at radius 1 is 1.50 bits per heavy atom. The Kier molecular flexibility index (Phi) is 3.79. The maximum absolute atomic E-state index is 4.45. The molecule has 0 spiro atoms. The Morgan fingerprint density at radius 3 is 2.88 bits per heavy atom. The molecule has 88 valence electrons. The standard InChI is InChI=1S/C12H18BrN3/c1-3-11-15-10(13)6-12(16-11)14-7-8(2)9-4-5-9/h6,8-9H,3-5,7H2,1-2H3,(H,14,15,16). The summed E-state index contributed by atoms with van der Waals surface area (Å²) in [6.45, 7) is 5.39. The summed E-state index contributed by atoms with van der Waals surface area (Å²) in [6.07, 6.45) is 3.67. The summed E-state index contributed by atoms with van der Waals surface area (Å²) in [5, 5.41) is 3.40. The van der Waals surface area contributed by atoms with Gasteiger partial charge in [0.1, 0.15) is 16.2 Å². The molecule has 0 saturated heterocycles. The molecular formula is C12H18BrN3. The minimum atomic E-state index is 0.749. The zero-order valence-corrected chi connectivity index (χ0v) is 11.4. The second kappa shape index (κ2) is 5.13. The number of anilines is 1. The highest BCUT2D eigenvalue weighted by Crippen LogP contribution is 2.36. The fourth-order valence-electron chi connectivity index (χ4n) is 1.81. The molecule has 1 heterocycles. The Balaban J connectivity index is 1.94. The summed E-state index contributed by atoms with van der Waals surface area (Å²) in [5.41, 5.74) is 0. The molecule has 1 aliphatic rings. The average Bonchev–Trinajstić information content (AvgIpc) is 3.08. The second-order valence-electron chi connectivity index (χ2n) is 4.54. The van der Waals surface area contributed by atoms with Gasteiger partial charge in [-0.25, -0.2) is 9.97 Å². The number of rotatable bonds is 5. The lowest BCUT2D eigenvalue weighted by atomic mass is 10.1. The van der Waals surface area contributed by atoms with Gasteiger partial charge in [-0.05, 0) is 40.6 Å². The van der Waals surface area contributed by atoms with Gasteiger partial charge in [0.05, 0.1) is 0 Å². The van der Waals surface area contributed by atoms with Gasteiger partial charge in [-0.2, -0.15) is 0 Å². The molecule has 1 atom stereocenters. The van der Waals surface area contributed by atoms with E-state index in [4.69, 9.17) is 0 Å². The van der Waals surface area contributed by atoms with Gasteiger partial charge < -0.3 is 5.32 Å². The molecule has 0 aromatic carbocycles. The topological polar surface area (TPSA) is 37.8 Å². The summed E-state index contributed by atoms with van der Waals surface area (Å²) in [7, 11) is 0. The van der Waals surface area contributed by atoms with Crippen molar-refractivity contribution in [3.63, 3.8) is 0 Å². The molecule has 2 rings (SSSR count). The molecule has 1 aromatic rings. The molecule has 1 aliphatic carbocycles. The zero-order valence-electron chi connectivity index (χ0n) is 9.83. The van der Waals surface area contributed by atoms with Crippen LogP contribution in [0.15, 0.2) is 10.7 Å². The first kappa shape index (κ1) is 11.8. The number of hydrogen-bond donors (Lipinski definition) is 1. The van der Waals surface area contributed by atoms with Crippen LogP contribution in [-0.4, -0.2) is 16.5 Å². The minimum absolute atomic E-state index is 0.749. The van der Waals surface area contributed by atoms with Crippen molar-refractivity contribution in [3.8, 4) is 0 Å². The molecule has 3 nitrogen and oxygen atoms in total. The first-order valence-electron chi connectivity index (χ1n) is 5.96. The van der Waals surface area contributed by atoms with E-state index in [1.807, 2.05) is 6.07 Å². The second-order valence-corrected chi connectivity index (χ2v) is 5.35. The van der Waals surface area contributed by atoms with Gasteiger partial charge in [0.25, 0.3) is 0 Å². The Labute approximate surface area is 105 Å². The minimum Gasteiger partial charge on any atom is -0.370 e. The average molecular weight is 284 g/mol. The van der Waals surface area contributed by atoms with Crippen LogP contribution in [0.25, 0.3) is 0 Å². The van der Waals surface area contributed by atoms with Crippen LogP contribution in [-0.2, 0) is 6.42 Å². The van der Waals surface area contributed by atoms with Crippen LogP contribution in [0.4, 0.5) is 5.82 Å². The van der Waals surface area contributed by atoms with E-state index in [0.29, 0.717) is 0 Å². The Hall–Kier alpha value is -0.640. The van der Waals surface area contributed by atoms with E-state index in [9.17, 15) is 0 Å². The van der Waals surface area contributed by atoms with E-state index in [1.165, 1.54) is 12.8 Å². The van der Waals surface area contributed by atoms with Crippen LogP contribution in [0.1, 0.15) is 32.5 Å². The zero-order chi connectivity index (χ0) is 11.5. The lowest BCUT2D eigenvalue weighted by molar-refractivity contribution is 0.535. The van der Waals surface area contributed by atoms with Crippen molar-refractivity contribution in [1.29, 1.82) is 0 Å². The van der Waals surface area contributed by atoms with Crippen LogP contribution < -0.4 is 5.32 Å². The lowest BCUT2D eigenvalue weighted by Crippen LogP contribution is -2.14. The predicted molar refractivity (Wildman–Crippen MR) is 69.5 cm³/mol. The molecular weight excluding hydrogens is 266 g/mol. The van der Waals surface area contributed by atoms with Crippen LogP contribution in [0.3, 0.4) is 0 Å². The van der Waals surface area contributed by atoms with E-state index < -0.39 is 0 Å². The molecule has 1 unspecified atom stereocenters. The smallest absolute Gasteiger partial charge is 0.131 e. The molecule has 1 saturated carbocycles. The number of nitrogens with zero attached hydrogens (tertiary/aromatic N) is 2. The molecule has 0 bridgehead atoms. The third-order valence-electron chi connectivity index (χ3n) is 3.09. The van der Waals surface area contributed by atoms with Crippen molar-refractivity contribution < 1.29 is 0 Å². The highest BCUT2D eigenvalue weighted by molar-refractivity contribution is 9.10. The number of nitrogens with one attached hydrogen (secondary N) is 1. The molecule has 0 aliphatic heterocycles. The molecule has 0 radical (unpaired) electrons. The van der Waals surface area contributed by atoms with Gasteiger partial charge >= 0.3 is 0 Å². The van der Waals surface area contributed by atoms with Gasteiger partial charge in [0.2, 0.25) is 0 Å². The molecule has 1 fully saturated rings. The molecule has 0 amide bonds. The number of halogens is 1. The summed E-state index contributed by atoms with van der Waals surface area (Å²) in [6, 6.07) is 1.94. The number of aryl methyl sites for hydroxylation is 1. The van der Waals surface area contributed by atoms with Gasteiger partial charge in [0, 0.05) is 19.0 Å². The first-order chi connectivity index (χ1) is 7.69. The Bertz CT molecular complexity index is 363. The van der Waals surface area contributed by atoms with Crippen LogP contribution in [0.2, 0.25) is 0 Å². The molecule has 1 aromatic heterocycles. The van der Waals surface area contributed by atoms with Crippen LogP contribution in [0.5, 0.6) is 0 Å². The van der Waals surface area contributed by atoms with Crippen molar-refractivity contribution in [2.75, 3.05) is 11.9 Å². The highest BCUT2D eigenvalue weighted by Gasteiger charge is 2.27.